The number of nitrogens with zero attached hydrogens (tertiary/aromatic N) is 2. The fourth-order valence-electron chi connectivity index (χ4n) is 3.26. The number of hydrogen-bond acceptors (Lipinski definition) is 3. The van der Waals surface area contributed by atoms with Crippen molar-refractivity contribution in [2.24, 2.45) is 0 Å². The molecule has 0 aliphatic heterocycles. The molecule has 26 heavy (non-hydrogen) atoms. The van der Waals surface area contributed by atoms with Crippen LogP contribution in [0.15, 0.2) is 83.3 Å². The van der Waals surface area contributed by atoms with Crippen molar-refractivity contribution in [2.75, 3.05) is 0 Å². The maximum atomic E-state index is 6.18. The molecule has 0 aliphatic carbocycles. The van der Waals surface area contributed by atoms with Crippen LogP contribution >= 0.6 is 11.6 Å². The van der Waals surface area contributed by atoms with Gasteiger partial charge in [0.05, 0.1) is 11.2 Å². The third-order valence-electron chi connectivity index (χ3n) is 4.44. The second-order valence-electron chi connectivity index (χ2n) is 6.06. The molecule has 5 aromatic rings. The largest absolute Gasteiger partial charge is 0.456 e. The van der Waals surface area contributed by atoms with E-state index in [1.54, 1.807) is 0 Å². The zero-order valence-electron chi connectivity index (χ0n) is 13.7. The number of halogens is 1. The van der Waals surface area contributed by atoms with E-state index in [1.165, 1.54) is 0 Å². The van der Waals surface area contributed by atoms with Crippen molar-refractivity contribution < 1.29 is 4.42 Å². The van der Waals surface area contributed by atoms with Crippen LogP contribution in [0.3, 0.4) is 0 Å². The highest BCUT2D eigenvalue weighted by Crippen LogP contribution is 2.37. The van der Waals surface area contributed by atoms with Crippen LogP contribution in [0.4, 0.5) is 0 Å². The Balaban J connectivity index is 1.86. The van der Waals surface area contributed by atoms with Crippen molar-refractivity contribution in [3.05, 3.63) is 84.1 Å². The Morgan fingerprint density at radius 1 is 0.731 bits per heavy atom. The van der Waals surface area contributed by atoms with Gasteiger partial charge >= 0.3 is 0 Å². The fraction of sp³-hybridized carbons (Fsp3) is 0. The summed E-state index contributed by atoms with van der Waals surface area (Å²) in [6, 6.07) is 26.0. The second kappa shape index (κ2) is 5.97. The van der Waals surface area contributed by atoms with Gasteiger partial charge in [-0.3, -0.25) is 0 Å². The molecule has 0 aliphatic rings. The van der Waals surface area contributed by atoms with Crippen molar-refractivity contribution in [3.8, 4) is 22.6 Å². The van der Waals surface area contributed by atoms with Crippen molar-refractivity contribution in [3.63, 3.8) is 0 Å². The van der Waals surface area contributed by atoms with Crippen LogP contribution in [0.5, 0.6) is 0 Å². The number of fused-ring (bicyclic) bond motifs is 3. The Hall–Kier alpha value is -3.17. The van der Waals surface area contributed by atoms with Gasteiger partial charge in [0.15, 0.2) is 0 Å². The lowest BCUT2D eigenvalue weighted by Crippen LogP contribution is -1.91. The zero-order chi connectivity index (χ0) is 17.5. The molecule has 3 nitrogen and oxygen atoms in total. The summed E-state index contributed by atoms with van der Waals surface area (Å²) in [4.78, 5) is 8.92. The summed E-state index contributed by atoms with van der Waals surface area (Å²) < 4.78 is 6.09. The summed E-state index contributed by atoms with van der Waals surface area (Å²) in [7, 11) is 0. The predicted molar refractivity (Wildman–Crippen MR) is 105 cm³/mol. The molecule has 0 radical (unpaired) electrons. The van der Waals surface area contributed by atoms with Crippen LogP contribution in [0.1, 0.15) is 0 Å². The Morgan fingerprint density at radius 2 is 1.42 bits per heavy atom. The van der Waals surface area contributed by atoms with Gasteiger partial charge in [-0.15, -0.1) is 0 Å². The third kappa shape index (κ3) is 2.45. The van der Waals surface area contributed by atoms with Crippen LogP contribution in [-0.2, 0) is 0 Å². The maximum absolute atomic E-state index is 6.18. The topological polar surface area (TPSA) is 38.9 Å². The van der Waals surface area contributed by atoms with E-state index in [2.05, 4.69) is 16.0 Å². The minimum absolute atomic E-state index is 0.238. The monoisotopic (exact) mass is 356 g/mol. The van der Waals surface area contributed by atoms with Crippen molar-refractivity contribution in [1.82, 2.24) is 9.97 Å². The smallest absolute Gasteiger partial charge is 0.223 e. The minimum atomic E-state index is 0.238. The lowest BCUT2D eigenvalue weighted by atomic mass is 10.0. The standard InChI is InChI=1S/C22H13ClN2O/c23-22-24-17-11-12-18-16(13-19(26-18)14-7-3-1-4-8-14)20(17)21(25-22)15-9-5-2-6-10-15/h1-13H. The predicted octanol–water partition coefficient (Wildman–Crippen LogP) is 6.36. The Labute approximate surface area is 154 Å². The summed E-state index contributed by atoms with van der Waals surface area (Å²) in [5, 5.41) is 2.17. The normalized spacial score (nSPS) is 11.3. The molecule has 124 valence electrons. The van der Waals surface area contributed by atoms with Gasteiger partial charge in [-0.1, -0.05) is 60.7 Å². The summed E-state index contributed by atoms with van der Waals surface area (Å²) in [5.41, 5.74) is 4.45. The van der Waals surface area contributed by atoms with Crippen LogP contribution in [0, 0.1) is 0 Å². The van der Waals surface area contributed by atoms with Crippen LogP contribution in [-0.4, -0.2) is 9.97 Å². The second-order valence-corrected chi connectivity index (χ2v) is 6.39. The van der Waals surface area contributed by atoms with Gasteiger partial charge in [-0.05, 0) is 29.8 Å². The average Bonchev–Trinajstić information content (AvgIpc) is 3.13. The molecular weight excluding hydrogens is 344 g/mol. The average molecular weight is 357 g/mol. The lowest BCUT2D eigenvalue weighted by Gasteiger charge is -2.07. The van der Waals surface area contributed by atoms with E-state index in [1.807, 2.05) is 72.8 Å². The van der Waals surface area contributed by atoms with E-state index < -0.39 is 0 Å². The molecule has 3 aromatic carbocycles. The van der Waals surface area contributed by atoms with Gasteiger partial charge in [-0.25, -0.2) is 9.97 Å². The van der Waals surface area contributed by atoms with Gasteiger partial charge in [0.1, 0.15) is 11.3 Å². The number of aromatic nitrogens is 2. The van der Waals surface area contributed by atoms with Gasteiger partial charge in [0, 0.05) is 21.9 Å². The van der Waals surface area contributed by atoms with E-state index >= 15 is 0 Å². The molecule has 0 atom stereocenters. The number of furan rings is 1. The Morgan fingerprint density at radius 3 is 2.15 bits per heavy atom. The van der Waals surface area contributed by atoms with Gasteiger partial charge in [0.25, 0.3) is 0 Å². The van der Waals surface area contributed by atoms with Crippen molar-refractivity contribution in [1.29, 1.82) is 0 Å². The molecule has 0 spiro atoms. The van der Waals surface area contributed by atoms with Crippen molar-refractivity contribution in [2.45, 2.75) is 0 Å². The third-order valence-corrected chi connectivity index (χ3v) is 4.61. The maximum Gasteiger partial charge on any atom is 0.223 e. The molecule has 0 unspecified atom stereocenters. The van der Waals surface area contributed by atoms with Crippen molar-refractivity contribution >= 4 is 33.5 Å². The Bertz CT molecular complexity index is 1230. The molecule has 0 amide bonds. The summed E-state index contributed by atoms with van der Waals surface area (Å²) >= 11 is 6.18. The first kappa shape index (κ1) is 15.1. The molecular formula is C22H13ClN2O. The summed E-state index contributed by atoms with van der Waals surface area (Å²) in [6.07, 6.45) is 0. The molecule has 2 aromatic heterocycles. The number of benzene rings is 3. The summed E-state index contributed by atoms with van der Waals surface area (Å²) in [6.45, 7) is 0. The van der Waals surface area contributed by atoms with Crippen LogP contribution in [0.2, 0.25) is 5.28 Å². The van der Waals surface area contributed by atoms with E-state index in [0.717, 1.165) is 44.5 Å². The highest BCUT2D eigenvalue weighted by molar-refractivity contribution is 6.29. The SMILES string of the molecule is Clc1nc(-c2ccccc2)c2c(ccc3oc(-c4ccccc4)cc32)n1. The van der Waals surface area contributed by atoms with Crippen LogP contribution in [0.25, 0.3) is 44.5 Å². The fourth-order valence-corrected chi connectivity index (χ4v) is 3.44. The van der Waals surface area contributed by atoms with Gasteiger partial charge in [-0.2, -0.15) is 0 Å². The highest BCUT2D eigenvalue weighted by atomic mass is 35.5. The van der Waals surface area contributed by atoms with Gasteiger partial charge < -0.3 is 4.42 Å². The quantitative estimate of drug-likeness (QED) is 0.345. The molecule has 5 rings (SSSR count). The lowest BCUT2D eigenvalue weighted by molar-refractivity contribution is 0.632. The molecule has 0 fully saturated rings. The summed E-state index contributed by atoms with van der Waals surface area (Å²) in [5.74, 6) is 0.821. The van der Waals surface area contributed by atoms with E-state index in [9.17, 15) is 0 Å². The van der Waals surface area contributed by atoms with Crippen LogP contribution < -0.4 is 0 Å². The number of hydrogen-bond donors (Lipinski definition) is 0. The van der Waals surface area contributed by atoms with Gasteiger partial charge in [0.2, 0.25) is 5.28 Å². The Kier molecular flexibility index (Phi) is 3.47. The molecule has 2 heterocycles. The number of rotatable bonds is 2. The molecule has 0 saturated heterocycles. The minimum Gasteiger partial charge on any atom is -0.456 e. The molecule has 4 heteroatoms. The molecule has 0 bridgehead atoms. The first-order valence-corrected chi connectivity index (χ1v) is 8.68. The first-order chi connectivity index (χ1) is 12.8. The molecule has 0 saturated carbocycles. The van der Waals surface area contributed by atoms with E-state index in [4.69, 9.17) is 16.0 Å². The zero-order valence-corrected chi connectivity index (χ0v) is 14.4. The first-order valence-electron chi connectivity index (χ1n) is 8.30. The van der Waals surface area contributed by atoms with E-state index in [-0.39, 0.29) is 5.28 Å². The van der Waals surface area contributed by atoms with E-state index in [0.29, 0.717) is 0 Å². The molecule has 0 N–H and O–H groups in total. The highest BCUT2D eigenvalue weighted by Gasteiger charge is 2.15.